The van der Waals surface area contributed by atoms with Crippen LogP contribution in [0, 0.1) is 29.6 Å². The zero-order chi connectivity index (χ0) is 11.5. The highest BCUT2D eigenvalue weighted by atomic mass is 16.2. The lowest BCUT2D eigenvalue weighted by molar-refractivity contribution is -0.117. The van der Waals surface area contributed by atoms with E-state index in [1.165, 1.54) is 4.90 Å². The molecular formula is C12H9N3O. The maximum absolute atomic E-state index is 11.7. The average molecular weight is 211 g/mol. The number of carbonyl (C=O) groups excluding carboxylic acids is 1. The molecule has 0 aliphatic carbocycles. The first-order chi connectivity index (χ1) is 7.74. The van der Waals surface area contributed by atoms with Crippen molar-refractivity contribution in [3.05, 3.63) is 23.9 Å². The van der Waals surface area contributed by atoms with E-state index in [4.69, 9.17) is 11.7 Å². The lowest BCUT2D eigenvalue weighted by atomic mass is 10.1. The standard InChI is InChI=1S/C12H9N3O/c1-2-9-6-12(16)15(8-9)11-5-3-4-10(7-13)14-11/h1,3-5,9H,6,8H2. The smallest absolute Gasteiger partial charge is 0.229 e. The molecule has 1 atom stereocenters. The van der Waals surface area contributed by atoms with E-state index in [0.717, 1.165) is 0 Å². The summed E-state index contributed by atoms with van der Waals surface area (Å²) in [4.78, 5) is 17.3. The first kappa shape index (κ1) is 10.2. The van der Waals surface area contributed by atoms with Crippen molar-refractivity contribution in [1.29, 1.82) is 5.26 Å². The molecule has 1 aromatic rings. The Morgan fingerprint density at radius 2 is 2.38 bits per heavy atom. The summed E-state index contributed by atoms with van der Waals surface area (Å²) in [5, 5.41) is 8.72. The number of anilines is 1. The van der Waals surface area contributed by atoms with Crippen molar-refractivity contribution >= 4 is 11.7 Å². The summed E-state index contributed by atoms with van der Waals surface area (Å²) in [7, 11) is 0. The summed E-state index contributed by atoms with van der Waals surface area (Å²) >= 11 is 0. The second-order valence-corrected chi connectivity index (χ2v) is 3.56. The van der Waals surface area contributed by atoms with Gasteiger partial charge >= 0.3 is 0 Å². The second kappa shape index (κ2) is 4.04. The molecule has 4 heteroatoms. The molecule has 2 rings (SSSR count). The summed E-state index contributed by atoms with van der Waals surface area (Å²) in [5.74, 6) is 2.98. The Hall–Kier alpha value is -2.33. The fraction of sp³-hybridized carbons (Fsp3) is 0.250. The molecule has 0 radical (unpaired) electrons. The van der Waals surface area contributed by atoms with Crippen LogP contribution in [0.2, 0.25) is 0 Å². The number of pyridine rings is 1. The normalized spacial score (nSPS) is 19.2. The van der Waals surface area contributed by atoms with Gasteiger partial charge in [-0.25, -0.2) is 4.98 Å². The molecule has 1 saturated heterocycles. The average Bonchev–Trinajstić information content (AvgIpc) is 2.71. The number of aromatic nitrogens is 1. The van der Waals surface area contributed by atoms with Crippen LogP contribution in [0.5, 0.6) is 0 Å². The van der Waals surface area contributed by atoms with Gasteiger partial charge in [0.05, 0.1) is 0 Å². The Morgan fingerprint density at radius 3 is 3.00 bits per heavy atom. The topological polar surface area (TPSA) is 57.0 Å². The summed E-state index contributed by atoms with van der Waals surface area (Å²) in [6.45, 7) is 0.483. The van der Waals surface area contributed by atoms with Gasteiger partial charge in [-0.05, 0) is 12.1 Å². The molecule has 0 bridgehead atoms. The number of terminal acetylenes is 1. The minimum absolute atomic E-state index is 0.0365. The van der Waals surface area contributed by atoms with Crippen LogP contribution < -0.4 is 4.90 Å². The first-order valence-corrected chi connectivity index (χ1v) is 4.88. The highest BCUT2D eigenvalue weighted by Crippen LogP contribution is 2.22. The summed E-state index contributed by atoms with van der Waals surface area (Å²) in [6, 6.07) is 6.95. The van der Waals surface area contributed by atoms with Crippen LogP contribution in [0.3, 0.4) is 0 Å². The fourth-order valence-corrected chi connectivity index (χ4v) is 1.68. The van der Waals surface area contributed by atoms with E-state index in [9.17, 15) is 4.79 Å². The molecule has 16 heavy (non-hydrogen) atoms. The van der Waals surface area contributed by atoms with E-state index < -0.39 is 0 Å². The molecule has 1 amide bonds. The molecule has 1 unspecified atom stereocenters. The summed E-state index contributed by atoms with van der Waals surface area (Å²) in [6.07, 6.45) is 5.65. The van der Waals surface area contributed by atoms with Crippen LogP contribution in [0.15, 0.2) is 18.2 Å². The number of amides is 1. The van der Waals surface area contributed by atoms with Crippen molar-refractivity contribution in [2.45, 2.75) is 6.42 Å². The fourth-order valence-electron chi connectivity index (χ4n) is 1.68. The predicted octanol–water partition coefficient (Wildman–Crippen LogP) is 0.939. The summed E-state index contributed by atoms with van der Waals surface area (Å²) in [5.41, 5.74) is 0.300. The highest BCUT2D eigenvalue weighted by molar-refractivity contribution is 5.95. The zero-order valence-corrected chi connectivity index (χ0v) is 8.55. The molecule has 1 aromatic heterocycles. The van der Waals surface area contributed by atoms with Gasteiger partial charge in [-0.2, -0.15) is 5.26 Å². The Balaban J connectivity index is 2.29. The Bertz CT molecular complexity index is 510. The van der Waals surface area contributed by atoms with Gasteiger partial charge in [0, 0.05) is 18.9 Å². The molecule has 1 aliphatic rings. The number of nitriles is 1. The van der Waals surface area contributed by atoms with Crippen molar-refractivity contribution in [3.8, 4) is 18.4 Å². The van der Waals surface area contributed by atoms with Gasteiger partial charge in [0.1, 0.15) is 17.6 Å². The van der Waals surface area contributed by atoms with E-state index in [1.54, 1.807) is 18.2 Å². The van der Waals surface area contributed by atoms with Crippen molar-refractivity contribution in [1.82, 2.24) is 4.98 Å². The Morgan fingerprint density at radius 1 is 1.56 bits per heavy atom. The van der Waals surface area contributed by atoms with Gasteiger partial charge in [0.2, 0.25) is 5.91 Å². The van der Waals surface area contributed by atoms with E-state index in [-0.39, 0.29) is 11.8 Å². The van der Waals surface area contributed by atoms with Crippen LogP contribution in [0.25, 0.3) is 0 Å². The molecule has 0 spiro atoms. The molecular weight excluding hydrogens is 202 g/mol. The number of carbonyl (C=O) groups is 1. The molecule has 1 aliphatic heterocycles. The van der Waals surface area contributed by atoms with Crippen molar-refractivity contribution < 1.29 is 4.79 Å². The van der Waals surface area contributed by atoms with Crippen molar-refractivity contribution in [2.75, 3.05) is 11.4 Å². The Kier molecular flexibility index (Phi) is 2.57. The van der Waals surface area contributed by atoms with Gasteiger partial charge in [-0.3, -0.25) is 9.69 Å². The molecule has 0 aromatic carbocycles. The van der Waals surface area contributed by atoms with Crippen LogP contribution in [0.1, 0.15) is 12.1 Å². The lowest BCUT2D eigenvalue weighted by Crippen LogP contribution is -2.25. The number of hydrogen-bond donors (Lipinski definition) is 0. The van der Waals surface area contributed by atoms with E-state index in [1.807, 2.05) is 6.07 Å². The third kappa shape index (κ3) is 1.74. The minimum Gasteiger partial charge on any atom is -0.295 e. The Labute approximate surface area is 93.5 Å². The third-order valence-corrected chi connectivity index (χ3v) is 2.49. The van der Waals surface area contributed by atoms with Crippen molar-refractivity contribution in [3.63, 3.8) is 0 Å². The maximum Gasteiger partial charge on any atom is 0.229 e. The van der Waals surface area contributed by atoms with E-state index in [2.05, 4.69) is 10.9 Å². The van der Waals surface area contributed by atoms with Gasteiger partial charge in [0.15, 0.2) is 0 Å². The van der Waals surface area contributed by atoms with Gasteiger partial charge in [0.25, 0.3) is 0 Å². The molecule has 0 saturated carbocycles. The van der Waals surface area contributed by atoms with Crippen LogP contribution in [-0.2, 0) is 4.79 Å². The first-order valence-electron chi connectivity index (χ1n) is 4.88. The number of nitrogens with zero attached hydrogens (tertiary/aromatic N) is 3. The third-order valence-electron chi connectivity index (χ3n) is 2.49. The molecule has 0 N–H and O–H groups in total. The van der Waals surface area contributed by atoms with Crippen LogP contribution in [-0.4, -0.2) is 17.4 Å². The minimum atomic E-state index is -0.0555. The van der Waals surface area contributed by atoms with Gasteiger partial charge in [-0.15, -0.1) is 12.3 Å². The monoisotopic (exact) mass is 211 g/mol. The SMILES string of the molecule is C#CC1CC(=O)N(c2cccc(C#N)n2)C1. The van der Waals surface area contributed by atoms with E-state index >= 15 is 0 Å². The highest BCUT2D eigenvalue weighted by Gasteiger charge is 2.30. The zero-order valence-electron chi connectivity index (χ0n) is 8.55. The quantitative estimate of drug-likeness (QED) is 0.649. The van der Waals surface area contributed by atoms with Crippen LogP contribution in [0.4, 0.5) is 5.82 Å². The number of hydrogen-bond acceptors (Lipinski definition) is 3. The molecule has 2 heterocycles. The summed E-state index contributed by atoms with van der Waals surface area (Å²) < 4.78 is 0. The van der Waals surface area contributed by atoms with Gasteiger partial charge in [-0.1, -0.05) is 6.07 Å². The lowest BCUT2D eigenvalue weighted by Gasteiger charge is -2.14. The molecule has 1 fully saturated rings. The largest absolute Gasteiger partial charge is 0.295 e. The van der Waals surface area contributed by atoms with Gasteiger partial charge < -0.3 is 0 Å². The second-order valence-electron chi connectivity index (χ2n) is 3.56. The molecule has 78 valence electrons. The van der Waals surface area contributed by atoms with E-state index in [0.29, 0.717) is 24.5 Å². The number of rotatable bonds is 1. The van der Waals surface area contributed by atoms with Crippen molar-refractivity contribution in [2.24, 2.45) is 5.92 Å². The maximum atomic E-state index is 11.7. The van der Waals surface area contributed by atoms with Crippen LogP contribution >= 0.6 is 0 Å². The molecule has 4 nitrogen and oxygen atoms in total. The predicted molar refractivity (Wildman–Crippen MR) is 58.2 cm³/mol.